The lowest BCUT2D eigenvalue weighted by Gasteiger charge is -2.21. The lowest BCUT2D eigenvalue weighted by atomic mass is 10.0. The van der Waals surface area contributed by atoms with E-state index in [0.717, 1.165) is 36.0 Å². The number of carbonyl (C=O) groups is 1. The van der Waals surface area contributed by atoms with Gasteiger partial charge in [-0.1, -0.05) is 36.8 Å². The SMILES string of the molecule is CC(C)=CCC[C@H](C)CCN(C)c1ccc(C(=O)Nc2cnc3ccccc3c2)cc1. The fraction of sp³-hybridized carbons (Fsp3) is 0.333. The van der Waals surface area contributed by atoms with Gasteiger partial charge in [-0.05, 0) is 75.4 Å². The van der Waals surface area contributed by atoms with E-state index in [1.807, 2.05) is 54.6 Å². The summed E-state index contributed by atoms with van der Waals surface area (Å²) in [5.41, 5.74) is 4.78. The van der Waals surface area contributed by atoms with Crippen molar-refractivity contribution in [2.24, 2.45) is 5.92 Å². The zero-order valence-corrected chi connectivity index (χ0v) is 19.1. The van der Waals surface area contributed by atoms with Crippen LogP contribution in [0.2, 0.25) is 0 Å². The summed E-state index contributed by atoms with van der Waals surface area (Å²) in [6.07, 6.45) is 7.55. The maximum atomic E-state index is 12.6. The minimum atomic E-state index is -0.126. The van der Waals surface area contributed by atoms with Crippen molar-refractivity contribution in [3.63, 3.8) is 0 Å². The molecule has 1 aromatic heterocycles. The molecule has 31 heavy (non-hydrogen) atoms. The number of fused-ring (bicyclic) bond motifs is 1. The number of anilines is 2. The van der Waals surface area contributed by atoms with Crippen molar-refractivity contribution in [2.45, 2.75) is 40.0 Å². The molecule has 0 saturated heterocycles. The van der Waals surface area contributed by atoms with E-state index in [1.165, 1.54) is 12.0 Å². The monoisotopic (exact) mass is 415 g/mol. The fourth-order valence-corrected chi connectivity index (χ4v) is 3.55. The number of aromatic nitrogens is 1. The summed E-state index contributed by atoms with van der Waals surface area (Å²) in [6, 6.07) is 17.6. The van der Waals surface area contributed by atoms with E-state index in [9.17, 15) is 4.79 Å². The predicted molar refractivity (Wildman–Crippen MR) is 132 cm³/mol. The molecule has 0 saturated carbocycles. The normalized spacial score (nSPS) is 11.7. The van der Waals surface area contributed by atoms with Crippen LogP contribution in [0.4, 0.5) is 11.4 Å². The number of amides is 1. The van der Waals surface area contributed by atoms with E-state index in [1.54, 1.807) is 6.20 Å². The number of nitrogens with one attached hydrogen (secondary N) is 1. The largest absolute Gasteiger partial charge is 0.375 e. The van der Waals surface area contributed by atoms with Crippen molar-refractivity contribution in [3.05, 3.63) is 78.0 Å². The molecule has 0 aliphatic rings. The van der Waals surface area contributed by atoms with Crippen molar-refractivity contribution in [1.29, 1.82) is 0 Å². The Morgan fingerprint density at radius 1 is 1.10 bits per heavy atom. The topological polar surface area (TPSA) is 45.2 Å². The van der Waals surface area contributed by atoms with E-state index in [2.05, 4.69) is 49.1 Å². The molecule has 0 aliphatic heterocycles. The van der Waals surface area contributed by atoms with Crippen LogP contribution in [0, 0.1) is 5.92 Å². The van der Waals surface area contributed by atoms with Crippen molar-refractivity contribution in [2.75, 3.05) is 23.8 Å². The number of carbonyl (C=O) groups excluding carboxylic acids is 1. The Morgan fingerprint density at radius 2 is 1.84 bits per heavy atom. The van der Waals surface area contributed by atoms with Gasteiger partial charge in [-0.2, -0.15) is 0 Å². The van der Waals surface area contributed by atoms with Crippen molar-refractivity contribution in [3.8, 4) is 0 Å². The predicted octanol–water partition coefficient (Wildman–Crippen LogP) is 6.70. The zero-order valence-electron chi connectivity index (χ0n) is 19.1. The van der Waals surface area contributed by atoms with Crippen molar-refractivity contribution in [1.82, 2.24) is 4.98 Å². The van der Waals surface area contributed by atoms with Gasteiger partial charge >= 0.3 is 0 Å². The molecular weight excluding hydrogens is 382 g/mol. The first kappa shape index (κ1) is 22.5. The third-order valence-corrected chi connectivity index (χ3v) is 5.59. The average Bonchev–Trinajstić information content (AvgIpc) is 2.77. The van der Waals surface area contributed by atoms with E-state index in [-0.39, 0.29) is 5.91 Å². The van der Waals surface area contributed by atoms with Gasteiger partial charge in [0.1, 0.15) is 0 Å². The number of hydrogen-bond acceptors (Lipinski definition) is 3. The smallest absolute Gasteiger partial charge is 0.255 e. The number of benzene rings is 2. The summed E-state index contributed by atoms with van der Waals surface area (Å²) in [7, 11) is 2.11. The maximum absolute atomic E-state index is 12.6. The Labute approximate surface area is 186 Å². The van der Waals surface area contributed by atoms with Gasteiger partial charge in [-0.15, -0.1) is 0 Å². The van der Waals surface area contributed by atoms with Crippen LogP contribution in [0.1, 0.15) is 50.4 Å². The number of allylic oxidation sites excluding steroid dienone is 2. The molecule has 162 valence electrons. The van der Waals surface area contributed by atoms with Crippen molar-refractivity contribution < 1.29 is 4.79 Å². The van der Waals surface area contributed by atoms with Gasteiger partial charge < -0.3 is 10.2 Å². The van der Waals surface area contributed by atoms with E-state index >= 15 is 0 Å². The standard InChI is InChI=1S/C27H33N3O/c1-20(2)8-7-9-21(3)16-17-30(4)25-14-12-22(13-15-25)27(31)29-24-18-23-10-5-6-11-26(23)28-19-24/h5-6,8,10-15,18-19,21H,7,9,16-17H2,1-4H3,(H,29,31)/t21-/m0/s1. The van der Waals surface area contributed by atoms with Crippen molar-refractivity contribution >= 4 is 28.2 Å². The van der Waals surface area contributed by atoms with Gasteiger partial charge in [-0.3, -0.25) is 9.78 Å². The third-order valence-electron chi connectivity index (χ3n) is 5.59. The van der Waals surface area contributed by atoms with Gasteiger partial charge in [0.25, 0.3) is 5.91 Å². The second kappa shape index (κ2) is 10.8. The highest BCUT2D eigenvalue weighted by molar-refractivity contribution is 6.05. The molecule has 0 aliphatic carbocycles. The van der Waals surface area contributed by atoms with Gasteiger partial charge in [0.05, 0.1) is 17.4 Å². The number of rotatable bonds is 9. The molecule has 1 heterocycles. The Balaban J connectivity index is 1.53. The molecule has 0 bridgehead atoms. The molecule has 2 aromatic carbocycles. The van der Waals surface area contributed by atoms with Gasteiger partial charge in [0, 0.05) is 30.2 Å². The molecule has 4 heteroatoms. The first-order valence-electron chi connectivity index (χ1n) is 11.0. The molecule has 4 nitrogen and oxygen atoms in total. The summed E-state index contributed by atoms with van der Waals surface area (Å²) < 4.78 is 0. The lowest BCUT2D eigenvalue weighted by Crippen LogP contribution is -2.20. The summed E-state index contributed by atoms with van der Waals surface area (Å²) in [5.74, 6) is 0.567. The van der Waals surface area contributed by atoms with E-state index < -0.39 is 0 Å². The maximum Gasteiger partial charge on any atom is 0.255 e. The number of nitrogens with zero attached hydrogens (tertiary/aromatic N) is 2. The third kappa shape index (κ3) is 6.68. The van der Waals surface area contributed by atoms with Crippen LogP contribution in [-0.2, 0) is 0 Å². The van der Waals surface area contributed by atoms with E-state index in [4.69, 9.17) is 0 Å². The van der Waals surface area contributed by atoms with Crippen LogP contribution in [-0.4, -0.2) is 24.5 Å². The fourth-order valence-electron chi connectivity index (χ4n) is 3.55. The minimum absolute atomic E-state index is 0.126. The van der Waals surface area contributed by atoms with Gasteiger partial charge in [-0.25, -0.2) is 0 Å². The Hall–Kier alpha value is -3.14. The van der Waals surface area contributed by atoms with Gasteiger partial charge in [0.15, 0.2) is 0 Å². The number of para-hydroxylation sites is 1. The second-order valence-electron chi connectivity index (χ2n) is 8.59. The molecule has 3 aromatic rings. The van der Waals surface area contributed by atoms with Crippen LogP contribution in [0.25, 0.3) is 10.9 Å². The highest BCUT2D eigenvalue weighted by atomic mass is 16.1. The molecule has 1 amide bonds. The van der Waals surface area contributed by atoms with E-state index in [0.29, 0.717) is 17.2 Å². The summed E-state index contributed by atoms with van der Waals surface area (Å²) in [6.45, 7) is 7.63. The second-order valence-corrected chi connectivity index (χ2v) is 8.59. The van der Waals surface area contributed by atoms with Crippen LogP contribution in [0.15, 0.2) is 72.4 Å². The summed E-state index contributed by atoms with van der Waals surface area (Å²) >= 11 is 0. The molecule has 1 N–H and O–H groups in total. The number of hydrogen-bond donors (Lipinski definition) is 1. The molecular formula is C27H33N3O. The van der Waals surface area contributed by atoms with Crippen LogP contribution >= 0.6 is 0 Å². The Bertz CT molecular complexity index is 1040. The van der Waals surface area contributed by atoms with Crippen LogP contribution < -0.4 is 10.2 Å². The Morgan fingerprint density at radius 3 is 2.58 bits per heavy atom. The molecule has 0 radical (unpaired) electrons. The molecule has 0 fully saturated rings. The molecule has 1 atom stereocenters. The van der Waals surface area contributed by atoms with Crippen LogP contribution in [0.3, 0.4) is 0 Å². The lowest BCUT2D eigenvalue weighted by molar-refractivity contribution is 0.102. The molecule has 0 unspecified atom stereocenters. The number of pyridine rings is 1. The quantitative estimate of drug-likeness (QED) is 0.396. The molecule has 0 spiro atoms. The minimum Gasteiger partial charge on any atom is -0.375 e. The highest BCUT2D eigenvalue weighted by Crippen LogP contribution is 2.20. The summed E-state index contributed by atoms with van der Waals surface area (Å²) in [5, 5.41) is 3.95. The first-order chi connectivity index (χ1) is 14.9. The molecule has 3 rings (SSSR count). The Kier molecular flexibility index (Phi) is 7.82. The average molecular weight is 416 g/mol. The van der Waals surface area contributed by atoms with Crippen LogP contribution in [0.5, 0.6) is 0 Å². The van der Waals surface area contributed by atoms with Gasteiger partial charge in [0.2, 0.25) is 0 Å². The highest BCUT2D eigenvalue weighted by Gasteiger charge is 2.09. The summed E-state index contributed by atoms with van der Waals surface area (Å²) in [4.78, 5) is 19.3. The first-order valence-corrected chi connectivity index (χ1v) is 11.0. The zero-order chi connectivity index (χ0) is 22.2.